The zero-order valence-electron chi connectivity index (χ0n) is 14.4. The Kier molecular flexibility index (Phi) is 5.58. The van der Waals surface area contributed by atoms with Gasteiger partial charge in [0.15, 0.2) is 0 Å². The molecular weight excluding hydrogens is 352 g/mol. The van der Waals surface area contributed by atoms with Crippen LogP contribution in [0.4, 0.5) is 5.69 Å². The average molecular weight is 371 g/mol. The number of anilines is 1. The van der Waals surface area contributed by atoms with E-state index in [2.05, 4.69) is 5.32 Å². The molecule has 0 radical (unpaired) electrons. The lowest BCUT2D eigenvalue weighted by molar-refractivity contribution is 0.0794. The number of benzene rings is 2. The smallest absolute Gasteiger partial charge is 0.338 e. The van der Waals surface area contributed by atoms with Crippen LogP contribution < -0.4 is 10.9 Å². The predicted molar refractivity (Wildman–Crippen MR) is 104 cm³/mol. The fourth-order valence-corrected chi connectivity index (χ4v) is 2.93. The molecule has 0 atom stereocenters. The first kappa shape index (κ1) is 18.0. The molecule has 0 aliphatic carbocycles. The molecule has 3 rings (SSSR count). The molecule has 0 spiro atoms. The summed E-state index contributed by atoms with van der Waals surface area (Å²) >= 11 is 5.93. The van der Waals surface area contributed by atoms with Gasteiger partial charge < -0.3 is 14.6 Å². The molecular formula is C20H19ClN2O3. The lowest BCUT2D eigenvalue weighted by atomic mass is 10.2. The highest BCUT2D eigenvalue weighted by molar-refractivity contribution is 6.30. The highest BCUT2D eigenvalue weighted by atomic mass is 35.5. The molecule has 0 aliphatic rings. The largest absolute Gasteiger partial charge is 0.423 e. The molecule has 1 aromatic heterocycles. The third-order valence-electron chi connectivity index (χ3n) is 4.05. The summed E-state index contributed by atoms with van der Waals surface area (Å²) < 4.78 is 5.18. The van der Waals surface area contributed by atoms with Crippen LogP contribution in [0.3, 0.4) is 0 Å². The number of fused-ring (bicyclic) bond motifs is 1. The number of hydrogen-bond donors (Lipinski definition) is 1. The topological polar surface area (TPSA) is 62.6 Å². The number of carbonyl (C=O) groups is 1. The molecule has 3 aromatic rings. The van der Waals surface area contributed by atoms with Crippen LogP contribution in [0.5, 0.6) is 0 Å². The van der Waals surface area contributed by atoms with E-state index in [4.69, 9.17) is 16.0 Å². The number of nitrogens with zero attached hydrogens (tertiary/aromatic N) is 1. The summed E-state index contributed by atoms with van der Waals surface area (Å²) in [5, 5.41) is 4.65. The van der Waals surface area contributed by atoms with Crippen molar-refractivity contribution < 1.29 is 9.21 Å². The van der Waals surface area contributed by atoms with E-state index in [1.165, 1.54) is 6.07 Å². The zero-order chi connectivity index (χ0) is 18.5. The van der Waals surface area contributed by atoms with Crippen LogP contribution in [0.1, 0.15) is 16.8 Å². The maximum absolute atomic E-state index is 12.4. The van der Waals surface area contributed by atoms with E-state index in [9.17, 15) is 9.59 Å². The van der Waals surface area contributed by atoms with E-state index < -0.39 is 0 Å². The number of nitrogens with one attached hydrogen (secondary N) is 1. The first-order chi connectivity index (χ1) is 12.5. The van der Waals surface area contributed by atoms with Gasteiger partial charge in [-0.15, -0.1) is 0 Å². The molecule has 1 N–H and O–H groups in total. The first-order valence-corrected chi connectivity index (χ1v) is 8.70. The maximum Gasteiger partial charge on any atom is 0.338 e. The molecule has 0 saturated carbocycles. The van der Waals surface area contributed by atoms with E-state index in [0.717, 1.165) is 17.5 Å². The van der Waals surface area contributed by atoms with Gasteiger partial charge in [0, 0.05) is 42.2 Å². The van der Waals surface area contributed by atoms with Crippen molar-refractivity contribution in [1.29, 1.82) is 0 Å². The zero-order valence-corrected chi connectivity index (χ0v) is 15.1. The van der Waals surface area contributed by atoms with Crippen molar-refractivity contribution in [2.45, 2.75) is 6.42 Å². The van der Waals surface area contributed by atoms with Gasteiger partial charge in [-0.05, 0) is 36.8 Å². The molecule has 6 heteroatoms. The molecule has 5 nitrogen and oxygen atoms in total. The minimum Gasteiger partial charge on any atom is -0.423 e. The van der Waals surface area contributed by atoms with E-state index >= 15 is 0 Å². The molecule has 0 aliphatic heterocycles. The average Bonchev–Trinajstić information content (AvgIpc) is 2.64. The normalized spacial score (nSPS) is 10.7. The van der Waals surface area contributed by atoms with Crippen LogP contribution in [0.2, 0.25) is 5.02 Å². The van der Waals surface area contributed by atoms with Crippen LogP contribution in [0, 0.1) is 0 Å². The van der Waals surface area contributed by atoms with Crippen molar-refractivity contribution in [2.24, 2.45) is 0 Å². The second kappa shape index (κ2) is 8.06. The summed E-state index contributed by atoms with van der Waals surface area (Å²) in [7, 11) is 1.76. The number of halogens is 1. The third kappa shape index (κ3) is 4.24. The van der Waals surface area contributed by atoms with Gasteiger partial charge in [0.1, 0.15) is 5.58 Å². The Morgan fingerprint density at radius 1 is 1.15 bits per heavy atom. The molecule has 0 fully saturated rings. The summed E-state index contributed by atoms with van der Waals surface area (Å²) in [6, 6.07) is 15.7. The van der Waals surface area contributed by atoms with Gasteiger partial charge >= 0.3 is 5.63 Å². The molecule has 26 heavy (non-hydrogen) atoms. The summed E-state index contributed by atoms with van der Waals surface area (Å²) in [5.41, 5.74) is 1.47. The minimum atomic E-state index is -0.389. The molecule has 1 amide bonds. The van der Waals surface area contributed by atoms with E-state index in [0.29, 0.717) is 29.3 Å². The number of amides is 1. The Labute approximate surface area is 156 Å². The van der Waals surface area contributed by atoms with E-state index in [-0.39, 0.29) is 11.5 Å². The molecule has 1 heterocycles. The standard InChI is InChI=1S/C20H19ClN2O3/c1-23(20(25)14-6-4-7-15(21)12-14)11-5-10-22-17-13-19(24)26-18-9-3-2-8-16(17)18/h2-4,6-9,12-13,22H,5,10-11H2,1H3. The van der Waals surface area contributed by atoms with Crippen molar-refractivity contribution in [3.05, 3.63) is 75.6 Å². The van der Waals surface area contributed by atoms with Crippen molar-refractivity contribution in [2.75, 3.05) is 25.5 Å². The second-order valence-electron chi connectivity index (χ2n) is 5.99. The van der Waals surface area contributed by atoms with Crippen molar-refractivity contribution in [3.63, 3.8) is 0 Å². The molecule has 2 aromatic carbocycles. The quantitative estimate of drug-likeness (QED) is 0.526. The van der Waals surface area contributed by atoms with Gasteiger partial charge in [-0.1, -0.05) is 29.8 Å². The SMILES string of the molecule is CN(CCCNc1cc(=O)oc2ccccc12)C(=O)c1cccc(Cl)c1. The highest BCUT2D eigenvalue weighted by Gasteiger charge is 2.11. The Morgan fingerprint density at radius 3 is 2.77 bits per heavy atom. The molecule has 0 bridgehead atoms. The van der Waals surface area contributed by atoms with E-state index in [1.807, 2.05) is 18.2 Å². The summed E-state index contributed by atoms with van der Waals surface area (Å²) in [4.78, 5) is 25.7. The number of carbonyl (C=O) groups excluding carboxylic acids is 1. The highest BCUT2D eigenvalue weighted by Crippen LogP contribution is 2.20. The van der Waals surface area contributed by atoms with Crippen molar-refractivity contribution in [3.8, 4) is 0 Å². The van der Waals surface area contributed by atoms with Crippen LogP contribution in [-0.4, -0.2) is 30.9 Å². The van der Waals surface area contributed by atoms with Gasteiger partial charge in [-0.25, -0.2) is 4.79 Å². The summed E-state index contributed by atoms with van der Waals surface area (Å²) in [5.74, 6) is -0.0710. The number of para-hydroxylation sites is 1. The Bertz CT molecular complexity index is 984. The monoisotopic (exact) mass is 370 g/mol. The maximum atomic E-state index is 12.4. The molecule has 134 valence electrons. The number of hydrogen-bond acceptors (Lipinski definition) is 4. The molecule has 0 saturated heterocycles. The van der Waals surface area contributed by atoms with Gasteiger partial charge in [-0.3, -0.25) is 4.79 Å². The van der Waals surface area contributed by atoms with Gasteiger partial charge in [0.2, 0.25) is 0 Å². The van der Waals surface area contributed by atoms with Crippen LogP contribution in [0.25, 0.3) is 11.0 Å². The summed E-state index contributed by atoms with van der Waals surface area (Å²) in [6.45, 7) is 1.21. The Balaban J connectivity index is 1.57. The minimum absolute atomic E-state index is 0.0710. The van der Waals surface area contributed by atoms with Crippen molar-refractivity contribution >= 4 is 34.2 Å². The van der Waals surface area contributed by atoms with Crippen LogP contribution in [-0.2, 0) is 0 Å². The van der Waals surface area contributed by atoms with Crippen LogP contribution >= 0.6 is 11.6 Å². The molecule has 0 unspecified atom stereocenters. The van der Waals surface area contributed by atoms with Crippen molar-refractivity contribution in [1.82, 2.24) is 4.90 Å². The third-order valence-corrected chi connectivity index (χ3v) is 4.29. The first-order valence-electron chi connectivity index (χ1n) is 8.32. The lowest BCUT2D eigenvalue weighted by Crippen LogP contribution is -2.28. The van der Waals surface area contributed by atoms with Gasteiger partial charge in [0.25, 0.3) is 5.91 Å². The van der Waals surface area contributed by atoms with E-state index in [1.54, 1.807) is 42.3 Å². The lowest BCUT2D eigenvalue weighted by Gasteiger charge is -2.18. The van der Waals surface area contributed by atoms with Gasteiger partial charge in [-0.2, -0.15) is 0 Å². The summed E-state index contributed by atoms with van der Waals surface area (Å²) in [6.07, 6.45) is 0.733. The Morgan fingerprint density at radius 2 is 1.96 bits per heavy atom. The Hall–Kier alpha value is -2.79. The predicted octanol–water partition coefficient (Wildman–Crippen LogP) is 4.02. The van der Waals surface area contributed by atoms with Crippen LogP contribution in [0.15, 0.2) is 63.8 Å². The number of rotatable bonds is 6. The van der Waals surface area contributed by atoms with Gasteiger partial charge in [0.05, 0.1) is 5.69 Å². The fourth-order valence-electron chi connectivity index (χ4n) is 2.74. The second-order valence-corrected chi connectivity index (χ2v) is 6.43. The fraction of sp³-hybridized carbons (Fsp3) is 0.200.